The van der Waals surface area contributed by atoms with Crippen LogP contribution in [-0.4, -0.2) is 30.1 Å². The molecule has 1 aliphatic rings. The monoisotopic (exact) mass is 347 g/mol. The van der Waals surface area contributed by atoms with E-state index in [4.69, 9.17) is 0 Å². The molecule has 1 atom stereocenters. The molecule has 0 amide bonds. The predicted octanol–water partition coefficient (Wildman–Crippen LogP) is 3.09. The van der Waals surface area contributed by atoms with Gasteiger partial charge in [0.15, 0.2) is 0 Å². The Morgan fingerprint density at radius 3 is 2.35 bits per heavy atom. The summed E-state index contributed by atoms with van der Waals surface area (Å²) in [7, 11) is 0. The van der Waals surface area contributed by atoms with Crippen LogP contribution in [0.3, 0.4) is 0 Å². The molecule has 1 N–H and O–H groups in total. The molecule has 1 unspecified atom stereocenters. The van der Waals surface area contributed by atoms with Crippen molar-refractivity contribution in [1.82, 2.24) is 14.8 Å². The lowest BCUT2D eigenvalue weighted by Gasteiger charge is -2.37. The normalized spacial score (nSPS) is 19.3. The molecular weight excluding hydrogens is 334 g/mol. The molecule has 0 aliphatic heterocycles. The minimum atomic E-state index is -4.48. The minimum Gasteiger partial charge on any atom is -0.382 e. The van der Waals surface area contributed by atoms with Gasteiger partial charge < -0.3 is 5.11 Å². The predicted molar refractivity (Wildman–Crippen MR) is 75.9 cm³/mol. The first-order valence-electron chi connectivity index (χ1n) is 6.82. The van der Waals surface area contributed by atoms with Gasteiger partial charge in [-0.3, -0.25) is 0 Å². The molecular formula is C14H13F4N3OS. The minimum absolute atomic E-state index is 0.193. The topological polar surface area (TPSA) is 50.9 Å². The first kappa shape index (κ1) is 16.3. The Morgan fingerprint density at radius 1 is 1.22 bits per heavy atom. The highest BCUT2D eigenvalue weighted by Crippen LogP contribution is 2.64. The fraction of sp³-hybridized carbons (Fsp3) is 0.429. The van der Waals surface area contributed by atoms with Crippen molar-refractivity contribution in [2.24, 2.45) is 0 Å². The molecule has 1 saturated carbocycles. The van der Waals surface area contributed by atoms with Gasteiger partial charge >= 0.3 is 5.51 Å². The average molecular weight is 347 g/mol. The molecule has 9 heteroatoms. The van der Waals surface area contributed by atoms with Gasteiger partial charge in [-0.15, -0.1) is 0 Å². The van der Waals surface area contributed by atoms with Crippen molar-refractivity contribution in [1.29, 1.82) is 0 Å². The summed E-state index contributed by atoms with van der Waals surface area (Å²) in [5.41, 5.74) is -6.09. The third-order valence-electron chi connectivity index (χ3n) is 3.95. The van der Waals surface area contributed by atoms with Crippen LogP contribution >= 0.6 is 11.8 Å². The van der Waals surface area contributed by atoms with Crippen molar-refractivity contribution < 1.29 is 22.7 Å². The quantitative estimate of drug-likeness (QED) is 0.845. The zero-order valence-electron chi connectivity index (χ0n) is 11.8. The molecule has 0 saturated heterocycles. The first-order valence-corrected chi connectivity index (χ1v) is 7.64. The summed E-state index contributed by atoms with van der Waals surface area (Å²) in [5.74, 6) is -0.523. The lowest BCUT2D eigenvalue weighted by Crippen LogP contribution is -2.45. The molecule has 1 aromatic heterocycles. The SMILES string of the molecule is OC(Cn1cncn1)(c1ccc(F)cc1)C1(SC(F)(F)F)CC1. The van der Waals surface area contributed by atoms with Crippen molar-refractivity contribution in [3.8, 4) is 0 Å². The Hall–Kier alpha value is -1.61. The second-order valence-corrected chi connectivity index (χ2v) is 6.95. The van der Waals surface area contributed by atoms with Gasteiger partial charge in [0.1, 0.15) is 24.1 Å². The fourth-order valence-electron chi connectivity index (χ4n) is 2.71. The molecule has 0 spiro atoms. The van der Waals surface area contributed by atoms with Crippen molar-refractivity contribution in [2.45, 2.75) is 35.2 Å². The molecule has 3 rings (SSSR count). The summed E-state index contributed by atoms with van der Waals surface area (Å²) >= 11 is -0.207. The van der Waals surface area contributed by atoms with E-state index in [0.717, 1.165) is 12.1 Å². The van der Waals surface area contributed by atoms with E-state index in [1.807, 2.05) is 0 Å². The van der Waals surface area contributed by atoms with E-state index in [0.29, 0.717) is 0 Å². The molecule has 124 valence electrons. The van der Waals surface area contributed by atoms with Crippen LogP contribution in [0, 0.1) is 5.82 Å². The number of hydrogen-bond acceptors (Lipinski definition) is 4. The maximum atomic E-state index is 13.1. The molecule has 4 nitrogen and oxygen atoms in total. The second kappa shape index (κ2) is 5.48. The first-order chi connectivity index (χ1) is 10.7. The standard InChI is InChI=1S/C14H13F4N3OS/c15-11-3-1-10(2-4-11)13(22,7-21-9-19-8-20-21)12(5-6-12)23-14(16,17)18/h1-4,8-9,22H,5-7H2. The molecule has 1 aromatic carbocycles. The van der Waals surface area contributed by atoms with E-state index in [2.05, 4.69) is 10.1 Å². The third kappa shape index (κ3) is 3.20. The Kier molecular flexibility index (Phi) is 3.88. The molecule has 23 heavy (non-hydrogen) atoms. The van der Waals surface area contributed by atoms with Crippen LogP contribution in [0.15, 0.2) is 36.9 Å². The van der Waals surface area contributed by atoms with Crippen LogP contribution in [-0.2, 0) is 12.1 Å². The zero-order valence-corrected chi connectivity index (χ0v) is 12.6. The molecule has 2 aromatic rings. The highest BCUT2D eigenvalue weighted by Gasteiger charge is 2.64. The van der Waals surface area contributed by atoms with Gasteiger partial charge in [0.05, 0.1) is 11.3 Å². The summed E-state index contributed by atoms with van der Waals surface area (Å²) in [6, 6.07) is 4.86. The largest absolute Gasteiger partial charge is 0.442 e. The number of hydrogen-bond donors (Lipinski definition) is 1. The van der Waals surface area contributed by atoms with Crippen molar-refractivity contribution >= 4 is 11.8 Å². The van der Waals surface area contributed by atoms with Gasteiger partial charge in [0.2, 0.25) is 0 Å². The van der Waals surface area contributed by atoms with Gasteiger partial charge in [-0.05, 0) is 42.3 Å². The number of aliphatic hydroxyl groups is 1. The summed E-state index contributed by atoms with van der Waals surface area (Å²) in [5, 5.41) is 15.0. The Bertz CT molecular complexity index is 670. The fourth-order valence-corrected chi connectivity index (χ4v) is 3.81. The molecule has 0 bridgehead atoms. The van der Waals surface area contributed by atoms with Crippen LogP contribution < -0.4 is 0 Å². The van der Waals surface area contributed by atoms with E-state index in [1.165, 1.54) is 29.5 Å². The summed E-state index contributed by atoms with van der Waals surface area (Å²) in [4.78, 5) is 3.74. The smallest absolute Gasteiger partial charge is 0.382 e. The van der Waals surface area contributed by atoms with Gasteiger partial charge in [-0.25, -0.2) is 14.1 Å². The summed E-state index contributed by atoms with van der Waals surface area (Å²) < 4.78 is 51.8. The van der Waals surface area contributed by atoms with E-state index in [-0.39, 0.29) is 36.7 Å². The lowest BCUT2D eigenvalue weighted by molar-refractivity contribution is -0.0412. The van der Waals surface area contributed by atoms with Crippen LogP contribution in [0.4, 0.5) is 17.6 Å². The Morgan fingerprint density at radius 2 is 1.87 bits per heavy atom. The number of benzene rings is 1. The number of nitrogens with zero attached hydrogens (tertiary/aromatic N) is 3. The third-order valence-corrected chi connectivity index (χ3v) is 5.32. The molecule has 1 fully saturated rings. The maximum absolute atomic E-state index is 13.1. The van der Waals surface area contributed by atoms with Crippen LogP contribution in [0.2, 0.25) is 0 Å². The molecule has 1 aliphatic carbocycles. The number of rotatable bonds is 5. The van der Waals surface area contributed by atoms with Crippen molar-refractivity contribution in [2.75, 3.05) is 0 Å². The number of alkyl halides is 3. The summed E-state index contributed by atoms with van der Waals surface area (Å²) in [6.07, 6.45) is 2.98. The number of aromatic nitrogens is 3. The number of thioether (sulfide) groups is 1. The van der Waals surface area contributed by atoms with Gasteiger partial charge in [-0.1, -0.05) is 12.1 Å². The van der Waals surface area contributed by atoms with E-state index >= 15 is 0 Å². The van der Waals surface area contributed by atoms with E-state index in [9.17, 15) is 22.7 Å². The number of halogens is 4. The molecule has 0 radical (unpaired) electrons. The lowest BCUT2D eigenvalue weighted by atomic mass is 9.88. The highest BCUT2D eigenvalue weighted by atomic mass is 32.2. The van der Waals surface area contributed by atoms with Crippen molar-refractivity contribution in [3.63, 3.8) is 0 Å². The van der Waals surface area contributed by atoms with Crippen LogP contribution in [0.1, 0.15) is 18.4 Å². The van der Waals surface area contributed by atoms with Crippen LogP contribution in [0.25, 0.3) is 0 Å². The second-order valence-electron chi connectivity index (χ2n) is 5.50. The van der Waals surface area contributed by atoms with Gasteiger partial charge in [0.25, 0.3) is 0 Å². The Labute approximate surface area is 133 Å². The maximum Gasteiger partial charge on any atom is 0.442 e. The van der Waals surface area contributed by atoms with Crippen LogP contribution in [0.5, 0.6) is 0 Å². The average Bonchev–Trinajstić information content (AvgIpc) is 3.05. The zero-order chi connectivity index (χ0) is 16.7. The van der Waals surface area contributed by atoms with Gasteiger partial charge in [0, 0.05) is 0 Å². The van der Waals surface area contributed by atoms with E-state index < -0.39 is 21.7 Å². The van der Waals surface area contributed by atoms with Crippen molar-refractivity contribution in [3.05, 3.63) is 48.3 Å². The Balaban J connectivity index is 2.01. The molecule has 1 heterocycles. The van der Waals surface area contributed by atoms with Gasteiger partial charge in [-0.2, -0.15) is 18.3 Å². The summed E-state index contributed by atoms with van der Waals surface area (Å²) in [6.45, 7) is -0.193. The van der Waals surface area contributed by atoms with E-state index in [1.54, 1.807) is 0 Å². The highest BCUT2D eigenvalue weighted by molar-refractivity contribution is 8.01.